The fraction of sp³-hybridized carbons (Fsp3) is 0.183. The molecule has 1 atom stereocenters. The number of fused-ring (bicyclic) bond motifs is 6. The third-order valence-corrected chi connectivity index (χ3v) is 14.3. The van der Waals surface area contributed by atoms with Crippen molar-refractivity contribution < 1.29 is 37.0 Å². The van der Waals surface area contributed by atoms with Crippen LogP contribution in [0.5, 0.6) is 0 Å². The fourth-order valence-electron chi connectivity index (χ4n) is 10.5. The second-order valence-corrected chi connectivity index (χ2v) is 18.7. The Bertz CT molecular complexity index is 3350. The monoisotopic (exact) mass is 1010 g/mol. The Balaban J connectivity index is 0.797. The van der Waals surface area contributed by atoms with Crippen molar-refractivity contribution in [1.29, 1.82) is 0 Å². The number of carbonyl (C=O) groups excluding carboxylic acids is 3. The minimum Gasteiger partial charge on any atom is -0.448 e. The number of para-hydroxylation sites is 1. The molecule has 0 saturated carbocycles. The third kappa shape index (κ3) is 9.84. The summed E-state index contributed by atoms with van der Waals surface area (Å²) in [6.45, 7) is 1.52. The Morgan fingerprint density at radius 1 is 0.667 bits per heavy atom. The smallest absolute Gasteiger partial charge is 0.421 e. The minimum atomic E-state index is -4.80. The highest BCUT2D eigenvalue weighted by molar-refractivity contribution is 6.00. The summed E-state index contributed by atoms with van der Waals surface area (Å²) < 4.78 is 54.8. The van der Waals surface area contributed by atoms with E-state index in [1.165, 1.54) is 30.3 Å². The van der Waals surface area contributed by atoms with Gasteiger partial charge >= 0.3 is 18.4 Å². The zero-order valence-electron chi connectivity index (χ0n) is 40.7. The first kappa shape index (κ1) is 48.3. The lowest BCUT2D eigenvalue weighted by Gasteiger charge is -2.25. The van der Waals surface area contributed by atoms with Gasteiger partial charge in [-0.15, -0.1) is 0 Å². The summed E-state index contributed by atoms with van der Waals surface area (Å²) in [5, 5.41) is 8.16. The van der Waals surface area contributed by atoms with E-state index < -0.39 is 29.6 Å². The Kier molecular flexibility index (Phi) is 13.2. The van der Waals surface area contributed by atoms with Crippen LogP contribution in [-0.4, -0.2) is 66.3 Å². The summed E-state index contributed by atoms with van der Waals surface area (Å²) in [6, 6.07) is 53.7. The van der Waals surface area contributed by atoms with Gasteiger partial charge in [0.25, 0.3) is 5.91 Å². The van der Waals surface area contributed by atoms with E-state index >= 15 is 0 Å². The summed E-state index contributed by atoms with van der Waals surface area (Å²) in [5.74, 6) is -1.29. The molecule has 2 aliphatic carbocycles. The number of hydrogen-bond acceptors (Lipinski definition) is 9. The third-order valence-electron chi connectivity index (χ3n) is 14.3. The van der Waals surface area contributed by atoms with E-state index in [9.17, 15) is 27.6 Å². The van der Waals surface area contributed by atoms with Crippen molar-refractivity contribution in [2.45, 2.75) is 36.9 Å². The maximum Gasteiger partial charge on any atom is 0.421 e. The van der Waals surface area contributed by atoms with Crippen molar-refractivity contribution >= 4 is 46.9 Å². The molecule has 12 nitrogen and oxygen atoms in total. The number of likely N-dealkylation sites (tertiary alicyclic amines) is 1. The van der Waals surface area contributed by atoms with Crippen LogP contribution in [0.4, 0.5) is 51.6 Å². The fourth-order valence-corrected chi connectivity index (χ4v) is 10.5. The standard InChI is InChI=1S/C60H50F3N7O5/c1-64-56(71)50-20-10-11-21-54(50)67-55-53(60(61,62)63)32-65-57(68-55)66-40-26-22-37(23-27-40)33-70(59(73)75-36-52-48-18-8-4-14-44(48)45-15-5-9-19-49(45)52)41-28-24-38(25-29-41)39-30-31-69(34-39)58(72)74-35-51-46-16-6-2-12-42(46)43-13-3-7-17-47(43)51/h2-29,32,39,51-52H,30-31,33-36H2,1H3,(H,64,71)(H2,65,66,67,68). The summed E-state index contributed by atoms with van der Waals surface area (Å²) in [5.41, 5.74) is 11.0. The lowest BCUT2D eigenvalue weighted by Crippen LogP contribution is -2.32. The van der Waals surface area contributed by atoms with Crippen LogP contribution in [0.3, 0.4) is 0 Å². The topological polar surface area (TPSA) is 138 Å². The van der Waals surface area contributed by atoms with Gasteiger partial charge in [-0.2, -0.15) is 18.2 Å². The van der Waals surface area contributed by atoms with Crippen molar-refractivity contribution in [3.63, 3.8) is 0 Å². The Morgan fingerprint density at radius 3 is 1.79 bits per heavy atom. The van der Waals surface area contributed by atoms with Gasteiger partial charge in [-0.05, 0) is 98.5 Å². The number of carbonyl (C=O) groups is 3. The summed E-state index contributed by atoms with van der Waals surface area (Å²) in [7, 11) is 1.43. The second kappa shape index (κ2) is 20.5. The molecule has 2 heterocycles. The van der Waals surface area contributed by atoms with Crippen molar-refractivity contribution in [3.05, 3.63) is 221 Å². The number of hydrogen-bond donors (Lipinski definition) is 3. The van der Waals surface area contributed by atoms with E-state index in [-0.39, 0.29) is 60.8 Å². The molecule has 75 heavy (non-hydrogen) atoms. The van der Waals surface area contributed by atoms with Gasteiger partial charge in [-0.3, -0.25) is 9.69 Å². The molecule has 1 unspecified atom stereocenters. The summed E-state index contributed by atoms with van der Waals surface area (Å²) in [4.78, 5) is 52.0. The van der Waals surface area contributed by atoms with Crippen molar-refractivity contribution in [2.24, 2.45) is 0 Å². The van der Waals surface area contributed by atoms with Crippen LogP contribution in [0.15, 0.2) is 176 Å². The van der Waals surface area contributed by atoms with Gasteiger partial charge < -0.3 is 30.3 Å². The van der Waals surface area contributed by atoms with Crippen LogP contribution in [0, 0.1) is 0 Å². The summed E-state index contributed by atoms with van der Waals surface area (Å²) in [6.07, 6.45) is -4.26. The number of amides is 3. The molecule has 0 radical (unpaired) electrons. The van der Waals surface area contributed by atoms with Gasteiger partial charge in [0, 0.05) is 55.5 Å². The average Bonchev–Trinajstić information content (AvgIpc) is 4.15. The van der Waals surface area contributed by atoms with E-state index in [0.717, 1.165) is 50.9 Å². The predicted octanol–water partition coefficient (Wildman–Crippen LogP) is 13.0. The van der Waals surface area contributed by atoms with Gasteiger partial charge in [0.05, 0.1) is 17.8 Å². The van der Waals surface area contributed by atoms with Gasteiger partial charge in [-0.1, -0.05) is 133 Å². The van der Waals surface area contributed by atoms with Crippen molar-refractivity contribution in [2.75, 3.05) is 48.9 Å². The average molecular weight is 1010 g/mol. The Morgan fingerprint density at radius 2 is 1.21 bits per heavy atom. The van der Waals surface area contributed by atoms with Crippen molar-refractivity contribution in [3.8, 4) is 22.3 Å². The largest absolute Gasteiger partial charge is 0.448 e. The molecule has 0 bridgehead atoms. The first-order chi connectivity index (χ1) is 36.5. The predicted molar refractivity (Wildman–Crippen MR) is 282 cm³/mol. The van der Waals surface area contributed by atoms with Gasteiger partial charge in [-0.25, -0.2) is 14.6 Å². The Labute approximate surface area is 431 Å². The number of alkyl halides is 3. The van der Waals surface area contributed by atoms with Gasteiger partial charge in [0.15, 0.2) is 0 Å². The van der Waals surface area contributed by atoms with Gasteiger partial charge in [0.1, 0.15) is 24.6 Å². The van der Waals surface area contributed by atoms with Gasteiger partial charge in [0.2, 0.25) is 5.95 Å². The molecule has 7 aromatic carbocycles. The highest BCUT2D eigenvalue weighted by atomic mass is 19.4. The molecule has 15 heteroatoms. The first-order valence-corrected chi connectivity index (χ1v) is 24.7. The van der Waals surface area contributed by atoms with Crippen LogP contribution in [-0.2, 0) is 22.2 Å². The van der Waals surface area contributed by atoms with E-state index in [4.69, 9.17) is 9.47 Å². The number of ether oxygens (including phenoxy) is 2. The maximum atomic E-state index is 14.4. The molecular weight excluding hydrogens is 956 g/mol. The molecule has 3 amide bonds. The molecule has 1 aliphatic heterocycles. The van der Waals surface area contributed by atoms with Crippen LogP contribution in [0.2, 0.25) is 0 Å². The number of halogens is 3. The van der Waals surface area contributed by atoms with Crippen LogP contribution < -0.4 is 20.9 Å². The lowest BCUT2D eigenvalue weighted by atomic mass is 9.98. The molecule has 1 saturated heterocycles. The quantitative estimate of drug-likeness (QED) is 0.103. The minimum absolute atomic E-state index is 0.0339. The molecule has 0 spiro atoms. The molecular formula is C60H50F3N7O5. The molecule has 1 fully saturated rings. The highest BCUT2D eigenvalue weighted by Crippen LogP contribution is 2.46. The molecule has 376 valence electrons. The van der Waals surface area contributed by atoms with E-state index in [0.29, 0.717) is 30.7 Å². The number of anilines is 5. The Hall–Kier alpha value is -8.98. The highest BCUT2D eigenvalue weighted by Gasteiger charge is 2.37. The van der Waals surface area contributed by atoms with E-state index in [2.05, 4.69) is 74.4 Å². The first-order valence-electron chi connectivity index (χ1n) is 24.7. The number of nitrogens with zero attached hydrogens (tertiary/aromatic N) is 4. The number of nitrogens with one attached hydrogen (secondary N) is 3. The SMILES string of the molecule is CNC(=O)c1ccccc1Nc1nc(Nc2ccc(CN(C(=O)OCC3c4ccccc4-c4ccccc43)c3ccc(C4CCN(C(=O)OCC5c6ccccc6-c6ccccc65)C4)cc3)cc2)ncc1C(F)(F)F. The molecule has 8 aromatic rings. The zero-order valence-corrected chi connectivity index (χ0v) is 40.7. The van der Waals surface area contributed by atoms with Crippen molar-refractivity contribution in [1.82, 2.24) is 20.2 Å². The molecule has 3 N–H and O–H groups in total. The zero-order chi connectivity index (χ0) is 51.6. The number of aromatic nitrogens is 2. The molecule has 1 aromatic heterocycles. The van der Waals surface area contributed by atoms with E-state index in [1.807, 2.05) is 72.8 Å². The van der Waals surface area contributed by atoms with Crippen LogP contribution in [0.1, 0.15) is 73.5 Å². The van der Waals surface area contributed by atoms with E-state index in [1.54, 1.807) is 46.2 Å². The number of rotatable bonds is 13. The second-order valence-electron chi connectivity index (χ2n) is 18.7. The molecule has 3 aliphatic rings. The lowest BCUT2D eigenvalue weighted by molar-refractivity contribution is -0.137. The van der Waals surface area contributed by atoms with Crippen LogP contribution in [0.25, 0.3) is 22.3 Å². The normalized spacial score (nSPS) is 14.6. The summed E-state index contributed by atoms with van der Waals surface area (Å²) >= 11 is 0. The number of benzene rings is 7. The molecule has 11 rings (SSSR count). The maximum absolute atomic E-state index is 14.4. The van der Waals surface area contributed by atoms with Crippen LogP contribution >= 0.6 is 0 Å².